The maximum absolute atomic E-state index is 11.9. The minimum Gasteiger partial charge on any atom is -0.386 e. The Morgan fingerprint density at radius 1 is 1.47 bits per heavy atom. The molecule has 1 atom stereocenters. The average Bonchev–Trinajstić information content (AvgIpc) is 2.28. The van der Waals surface area contributed by atoms with E-state index in [1.165, 1.54) is 12.5 Å². The van der Waals surface area contributed by atoms with Crippen LogP contribution >= 0.6 is 0 Å². The quantitative estimate of drug-likeness (QED) is 0.750. The van der Waals surface area contributed by atoms with Crippen LogP contribution in [0.1, 0.15) is 0 Å². The highest BCUT2D eigenvalue weighted by Gasteiger charge is 2.18. The summed E-state index contributed by atoms with van der Waals surface area (Å²) in [7, 11) is -3.06. The van der Waals surface area contributed by atoms with E-state index in [1.54, 1.807) is 19.2 Å². The lowest BCUT2D eigenvalue weighted by atomic mass is 10.4. The molecule has 8 heteroatoms. The van der Waals surface area contributed by atoms with E-state index in [2.05, 4.69) is 15.0 Å². The number of sulfonamides is 1. The summed E-state index contributed by atoms with van der Waals surface area (Å²) in [6, 6.07) is 3.27. The molecule has 0 aliphatic rings. The zero-order chi connectivity index (χ0) is 12.9. The van der Waals surface area contributed by atoms with Gasteiger partial charge in [-0.15, -0.1) is 0 Å². The Kier molecular flexibility index (Phi) is 5.03. The number of aromatic nitrogens is 1. The Morgan fingerprint density at radius 3 is 2.76 bits per heavy atom. The average molecular weight is 277 g/mol. The molecule has 1 unspecified atom stereocenters. The van der Waals surface area contributed by atoms with Gasteiger partial charge in [0.25, 0.3) is 10.0 Å². The van der Waals surface area contributed by atoms with Crippen LogP contribution in [0.15, 0.2) is 23.4 Å². The van der Waals surface area contributed by atoms with Crippen molar-refractivity contribution in [2.75, 3.05) is 30.9 Å². The number of pyridine rings is 1. The van der Waals surface area contributed by atoms with Gasteiger partial charge in [0.15, 0.2) is 5.03 Å². The van der Waals surface area contributed by atoms with Gasteiger partial charge in [0.1, 0.15) is 0 Å². The SMILES string of the molecule is CNc1cccnc1S(=O)(=O)NCCS(C)=O. The summed E-state index contributed by atoms with van der Waals surface area (Å²) in [5.74, 6) is 0.279. The molecule has 0 fully saturated rings. The van der Waals surface area contributed by atoms with E-state index in [0.29, 0.717) is 5.69 Å². The predicted octanol–water partition coefficient (Wildman–Crippen LogP) is -0.220. The van der Waals surface area contributed by atoms with E-state index in [4.69, 9.17) is 0 Å². The second kappa shape index (κ2) is 6.08. The highest BCUT2D eigenvalue weighted by molar-refractivity contribution is 7.89. The van der Waals surface area contributed by atoms with Gasteiger partial charge < -0.3 is 5.32 Å². The van der Waals surface area contributed by atoms with E-state index in [9.17, 15) is 12.6 Å². The number of rotatable bonds is 6. The molecule has 0 spiro atoms. The van der Waals surface area contributed by atoms with Crippen LogP contribution in [0.3, 0.4) is 0 Å². The van der Waals surface area contributed by atoms with Crippen molar-refractivity contribution in [3.63, 3.8) is 0 Å². The van der Waals surface area contributed by atoms with Crippen molar-refractivity contribution < 1.29 is 12.6 Å². The largest absolute Gasteiger partial charge is 0.386 e. The Balaban J connectivity index is 2.86. The zero-order valence-corrected chi connectivity index (χ0v) is 11.3. The van der Waals surface area contributed by atoms with Crippen LogP contribution in [0.25, 0.3) is 0 Å². The maximum atomic E-state index is 11.9. The van der Waals surface area contributed by atoms with Crippen LogP contribution in [0.2, 0.25) is 0 Å². The first-order chi connectivity index (χ1) is 7.97. The van der Waals surface area contributed by atoms with Gasteiger partial charge in [0.2, 0.25) is 0 Å². The number of anilines is 1. The van der Waals surface area contributed by atoms with Gasteiger partial charge in [-0.2, -0.15) is 0 Å². The minimum absolute atomic E-state index is 0.0515. The van der Waals surface area contributed by atoms with Crippen molar-refractivity contribution in [3.8, 4) is 0 Å². The highest BCUT2D eigenvalue weighted by Crippen LogP contribution is 2.16. The molecular formula is C9H15N3O3S2. The first-order valence-electron chi connectivity index (χ1n) is 4.90. The molecule has 0 aliphatic carbocycles. The fourth-order valence-corrected chi connectivity index (χ4v) is 2.87. The van der Waals surface area contributed by atoms with Gasteiger partial charge in [-0.1, -0.05) is 0 Å². The van der Waals surface area contributed by atoms with Gasteiger partial charge in [0, 0.05) is 42.6 Å². The van der Waals surface area contributed by atoms with Gasteiger partial charge in [-0.25, -0.2) is 18.1 Å². The number of nitrogens with zero attached hydrogens (tertiary/aromatic N) is 1. The summed E-state index contributed by atoms with van der Waals surface area (Å²) in [6.45, 7) is 0.130. The summed E-state index contributed by atoms with van der Waals surface area (Å²) in [5.41, 5.74) is 0.428. The van der Waals surface area contributed by atoms with Gasteiger partial charge in [0.05, 0.1) is 5.69 Å². The van der Waals surface area contributed by atoms with Crippen LogP contribution < -0.4 is 10.0 Å². The molecule has 1 heterocycles. The molecule has 6 nitrogen and oxygen atoms in total. The monoisotopic (exact) mass is 277 g/mol. The molecular weight excluding hydrogens is 262 g/mol. The molecule has 0 saturated heterocycles. The van der Waals surface area contributed by atoms with Crippen molar-refractivity contribution in [1.29, 1.82) is 0 Å². The number of nitrogens with one attached hydrogen (secondary N) is 2. The van der Waals surface area contributed by atoms with Crippen LogP contribution in [-0.4, -0.2) is 43.2 Å². The molecule has 0 saturated carbocycles. The molecule has 1 aromatic rings. The Hall–Kier alpha value is -0.990. The fourth-order valence-electron chi connectivity index (χ4n) is 1.18. The Morgan fingerprint density at radius 2 is 2.18 bits per heavy atom. The van der Waals surface area contributed by atoms with Crippen molar-refractivity contribution in [2.45, 2.75) is 5.03 Å². The van der Waals surface area contributed by atoms with Gasteiger partial charge >= 0.3 is 0 Å². The zero-order valence-electron chi connectivity index (χ0n) is 9.63. The first-order valence-corrected chi connectivity index (χ1v) is 8.11. The third-order valence-electron chi connectivity index (χ3n) is 1.98. The smallest absolute Gasteiger partial charge is 0.260 e. The molecule has 1 aromatic heterocycles. The van der Waals surface area contributed by atoms with Crippen LogP contribution in [0, 0.1) is 0 Å². The molecule has 0 aliphatic heterocycles. The molecule has 96 valence electrons. The van der Waals surface area contributed by atoms with Crippen molar-refractivity contribution in [2.24, 2.45) is 0 Å². The van der Waals surface area contributed by atoms with Crippen molar-refractivity contribution in [1.82, 2.24) is 9.71 Å². The molecule has 2 N–H and O–H groups in total. The van der Waals surface area contributed by atoms with Crippen LogP contribution in [-0.2, 0) is 20.8 Å². The lowest BCUT2D eigenvalue weighted by molar-refractivity contribution is 0.580. The van der Waals surface area contributed by atoms with Gasteiger partial charge in [-0.05, 0) is 12.1 Å². The predicted molar refractivity (Wildman–Crippen MR) is 67.9 cm³/mol. The van der Waals surface area contributed by atoms with E-state index in [1.807, 2.05) is 0 Å². The molecule has 0 aromatic carbocycles. The highest BCUT2D eigenvalue weighted by atomic mass is 32.2. The van der Waals surface area contributed by atoms with Crippen LogP contribution in [0.4, 0.5) is 5.69 Å². The number of hydrogen-bond acceptors (Lipinski definition) is 5. The second-order valence-corrected chi connectivity index (χ2v) is 6.52. The normalized spacial score (nSPS) is 13.3. The third kappa shape index (κ3) is 4.06. The van der Waals surface area contributed by atoms with Crippen molar-refractivity contribution in [3.05, 3.63) is 18.3 Å². The van der Waals surface area contributed by atoms with E-state index >= 15 is 0 Å². The molecule has 0 bridgehead atoms. The fraction of sp³-hybridized carbons (Fsp3) is 0.444. The van der Waals surface area contributed by atoms with E-state index < -0.39 is 20.8 Å². The minimum atomic E-state index is -3.66. The molecule has 0 radical (unpaired) electrons. The number of hydrogen-bond donors (Lipinski definition) is 2. The molecule has 1 rings (SSSR count). The summed E-state index contributed by atoms with van der Waals surface area (Å²) in [4.78, 5) is 3.83. The summed E-state index contributed by atoms with van der Waals surface area (Å²) in [6.07, 6.45) is 2.93. The first kappa shape index (κ1) is 14.1. The molecule has 0 amide bonds. The van der Waals surface area contributed by atoms with Crippen LogP contribution in [0.5, 0.6) is 0 Å². The lowest BCUT2D eigenvalue weighted by Crippen LogP contribution is -2.29. The summed E-state index contributed by atoms with van der Waals surface area (Å²) >= 11 is 0. The van der Waals surface area contributed by atoms with E-state index in [-0.39, 0.29) is 17.3 Å². The summed E-state index contributed by atoms with van der Waals surface area (Å²) in [5, 5.41) is 2.71. The summed E-state index contributed by atoms with van der Waals surface area (Å²) < 4.78 is 37.0. The Labute approximate surface area is 103 Å². The second-order valence-electron chi connectivity index (χ2n) is 3.28. The maximum Gasteiger partial charge on any atom is 0.260 e. The van der Waals surface area contributed by atoms with Gasteiger partial charge in [-0.3, -0.25) is 4.21 Å². The Bertz CT molecular complexity index is 502. The standard InChI is InChI=1S/C9H15N3O3S2/c1-10-8-4-3-5-11-9(8)17(14,15)12-6-7-16(2)13/h3-5,10,12H,6-7H2,1-2H3. The van der Waals surface area contributed by atoms with Crippen molar-refractivity contribution >= 4 is 26.5 Å². The lowest BCUT2D eigenvalue weighted by Gasteiger charge is -2.09. The van der Waals surface area contributed by atoms with E-state index in [0.717, 1.165) is 0 Å². The third-order valence-corrected chi connectivity index (χ3v) is 4.17. The topological polar surface area (TPSA) is 88.2 Å². The molecule has 17 heavy (non-hydrogen) atoms.